The van der Waals surface area contributed by atoms with E-state index < -0.39 is 0 Å². The van der Waals surface area contributed by atoms with Gasteiger partial charge in [-0.1, -0.05) is 199 Å². The number of hydrogen-bond acceptors (Lipinski definition) is 4. The lowest BCUT2D eigenvalue weighted by Crippen LogP contribution is -2.17. The van der Waals surface area contributed by atoms with Crippen molar-refractivity contribution in [2.45, 2.75) is 52.4 Å². The largest absolute Gasteiger partial charge is 0.454 e. The number of thiophene rings is 1. The van der Waals surface area contributed by atoms with Gasteiger partial charge in [0.05, 0.1) is 71.6 Å². The van der Waals surface area contributed by atoms with Crippen molar-refractivity contribution in [2.75, 3.05) is 0 Å². The van der Waals surface area contributed by atoms with Crippen LogP contribution in [0.5, 0.6) is 0 Å². The third kappa shape index (κ3) is 7.08. The van der Waals surface area contributed by atoms with Gasteiger partial charge in [-0.25, -0.2) is 0 Å². The summed E-state index contributed by atoms with van der Waals surface area (Å²) in [6, 6.07) is 88.2. The third-order valence-electron chi connectivity index (χ3n) is 19.1. The van der Waals surface area contributed by atoms with E-state index in [-0.39, 0.29) is 10.8 Å². The van der Waals surface area contributed by atoms with Crippen LogP contribution in [0.3, 0.4) is 0 Å². The van der Waals surface area contributed by atoms with Crippen molar-refractivity contribution >= 4 is 141 Å². The fourth-order valence-electron chi connectivity index (χ4n) is 15.1. The molecule has 0 saturated heterocycles. The van der Waals surface area contributed by atoms with E-state index in [2.05, 4.69) is 284 Å². The average molecular weight is 1170 g/mol. The van der Waals surface area contributed by atoms with Crippen molar-refractivity contribution in [1.29, 1.82) is 10.5 Å². The number of nitrogens with zero attached hydrogens (tertiary/aromatic N) is 6. The quantitative estimate of drug-likeness (QED) is 0.172. The summed E-state index contributed by atoms with van der Waals surface area (Å²) in [5.41, 5.74) is 15.9. The van der Waals surface area contributed by atoms with Gasteiger partial charge in [0.1, 0.15) is 28.8 Å². The summed E-state index contributed by atoms with van der Waals surface area (Å²) < 4.78 is 18.9. The van der Waals surface area contributed by atoms with E-state index in [4.69, 9.17) is 4.42 Å². The summed E-state index contributed by atoms with van der Waals surface area (Å²) in [4.78, 5) is 0. The number of rotatable bonds is 5. The molecule has 18 rings (SSSR count). The predicted octanol–water partition coefficient (Wildman–Crippen LogP) is 22.3. The highest BCUT2D eigenvalue weighted by Gasteiger charge is 2.37. The van der Waals surface area contributed by atoms with Crippen LogP contribution in [0.2, 0.25) is 0 Å². The lowest BCUT2D eigenvalue weighted by atomic mass is 9.82. The minimum absolute atomic E-state index is 0.196. The van der Waals surface area contributed by atoms with E-state index in [0.29, 0.717) is 39.5 Å². The molecule has 0 aliphatic rings. The van der Waals surface area contributed by atoms with Crippen LogP contribution in [0.15, 0.2) is 235 Å². The molecule has 0 radical (unpaired) electrons. The molecule has 426 valence electrons. The summed E-state index contributed by atoms with van der Waals surface area (Å²) in [7, 11) is 0. The molecule has 90 heavy (non-hydrogen) atoms. The highest BCUT2D eigenvalue weighted by atomic mass is 32.1. The molecule has 0 atom stereocenters. The molecule has 0 bridgehead atoms. The fourth-order valence-corrected chi connectivity index (χ4v) is 16.4. The zero-order valence-electron chi connectivity index (χ0n) is 50.4. The first-order chi connectivity index (χ1) is 43.9. The van der Waals surface area contributed by atoms with E-state index in [1.807, 2.05) is 29.5 Å². The maximum absolute atomic E-state index is 13.1. The van der Waals surface area contributed by atoms with Crippen LogP contribution < -0.4 is 0 Å². The van der Waals surface area contributed by atoms with Crippen LogP contribution in [0.4, 0.5) is 0 Å². The number of nitriles is 2. The van der Waals surface area contributed by atoms with E-state index in [1.54, 1.807) is 0 Å². The van der Waals surface area contributed by atoms with Crippen molar-refractivity contribution < 1.29 is 4.42 Å². The lowest BCUT2D eigenvalue weighted by Gasteiger charge is -2.27. The minimum Gasteiger partial charge on any atom is -0.454 e. The second kappa shape index (κ2) is 18.7. The van der Waals surface area contributed by atoms with Crippen LogP contribution in [0, 0.1) is 22.7 Å². The molecule has 8 heteroatoms. The third-order valence-corrected chi connectivity index (χ3v) is 20.3. The summed E-state index contributed by atoms with van der Waals surface area (Å²) >= 11 is 1.82. The van der Waals surface area contributed by atoms with Gasteiger partial charge in [0, 0.05) is 69.3 Å². The van der Waals surface area contributed by atoms with Gasteiger partial charge in [-0.3, -0.25) is 0 Å². The molecule has 0 fully saturated rings. The number of furan rings is 1. The molecule has 0 spiro atoms. The molecule has 6 heterocycles. The maximum atomic E-state index is 13.1. The molecule has 0 unspecified atom stereocenters. The monoisotopic (exact) mass is 1170 g/mol. The molecular weight excluding hydrogens is 1120 g/mol. The van der Waals surface area contributed by atoms with Crippen molar-refractivity contribution in [1.82, 2.24) is 18.3 Å². The van der Waals surface area contributed by atoms with E-state index in [0.717, 1.165) is 119 Å². The fraction of sp³-hybridized carbons (Fsp3) is 0.0976. The van der Waals surface area contributed by atoms with Crippen molar-refractivity contribution in [3.8, 4) is 46.0 Å². The summed E-state index contributed by atoms with van der Waals surface area (Å²) in [5.74, 6) is 0. The predicted molar refractivity (Wildman–Crippen MR) is 376 cm³/mol. The topological polar surface area (TPSA) is 80.4 Å². The SMILES string of the molecule is CC(C)(C)c1ccc2c(c1)c1cc(C(C)(C)C)c3c4ccccc4sc3c1n2-c1c(-n2c3ccccc3c3ccccc32)c(C#N)c(-n2c3ccc(-c4ccccc4)cc3c3ccc4c5ccccc5oc4c32)c(C#N)c1-n1c2ccccc2c2ccccc21. The number of aromatic nitrogens is 4. The maximum Gasteiger partial charge on any atom is 0.160 e. The smallest absolute Gasteiger partial charge is 0.160 e. The first-order valence-corrected chi connectivity index (χ1v) is 31.6. The van der Waals surface area contributed by atoms with E-state index in [9.17, 15) is 10.5 Å². The first-order valence-electron chi connectivity index (χ1n) is 30.8. The molecule has 0 aliphatic carbocycles. The van der Waals surface area contributed by atoms with Gasteiger partial charge >= 0.3 is 0 Å². The molecular formula is C82H56N6OS. The Bertz CT molecular complexity index is 6010. The second-order valence-electron chi connectivity index (χ2n) is 26.2. The minimum atomic E-state index is -0.256. The van der Waals surface area contributed by atoms with Gasteiger partial charge in [-0.05, 0) is 106 Å². The summed E-state index contributed by atoms with van der Waals surface area (Å²) in [6.07, 6.45) is 0. The number of para-hydroxylation sites is 5. The molecule has 0 amide bonds. The standard InChI is InChI=1S/C82H56N6OS/c1-81(2,3)49-37-41-69-59(43-49)60-44-63(82(4,5)6)72-57-29-15-21-35-71(57)90-80(72)77(60)88(69)78-74(85-64-30-16-10-24-50(64)51-25-11-17-31-65(51)85)61(45-83)73(62(46-84)75(78)86-66-32-18-12-26-52(66)53-27-13-19-33-67(53)86)87-68-40-36-48(47-22-8-7-9-23-47)42-58(68)55-38-39-56-54-28-14-20-34-70(54)89-79(56)76(55)87/h7-44H,1-6H3. The number of benzene rings is 12. The average Bonchev–Trinajstić information content (AvgIpc) is 1.47. The van der Waals surface area contributed by atoms with E-state index in [1.165, 1.54) is 26.6 Å². The zero-order valence-corrected chi connectivity index (χ0v) is 51.3. The van der Waals surface area contributed by atoms with Crippen molar-refractivity contribution in [3.63, 3.8) is 0 Å². The molecule has 0 aliphatic heterocycles. The Morgan fingerprint density at radius 2 is 0.844 bits per heavy atom. The zero-order chi connectivity index (χ0) is 60.6. The lowest BCUT2D eigenvalue weighted by molar-refractivity contribution is 0.591. The second-order valence-corrected chi connectivity index (χ2v) is 27.2. The molecule has 0 saturated carbocycles. The number of fused-ring (bicyclic) bond motifs is 20. The summed E-state index contributed by atoms with van der Waals surface area (Å²) in [6.45, 7) is 13.8. The summed E-state index contributed by atoms with van der Waals surface area (Å²) in [5, 5.41) is 38.8. The molecule has 0 N–H and O–H groups in total. The van der Waals surface area contributed by atoms with Crippen LogP contribution in [0.25, 0.3) is 163 Å². The molecule has 7 nitrogen and oxygen atoms in total. The molecule has 12 aromatic carbocycles. The molecule has 6 aromatic heterocycles. The van der Waals surface area contributed by atoms with Gasteiger partial charge in [0.25, 0.3) is 0 Å². The Kier molecular flexibility index (Phi) is 10.8. The molecule has 18 aromatic rings. The van der Waals surface area contributed by atoms with Crippen LogP contribution in [0.1, 0.15) is 63.8 Å². The Labute approximate surface area is 521 Å². The Balaban J connectivity index is 1.17. The number of hydrogen-bond donors (Lipinski definition) is 0. The van der Waals surface area contributed by atoms with Gasteiger partial charge in [-0.15, -0.1) is 11.3 Å². The van der Waals surface area contributed by atoms with Gasteiger partial charge < -0.3 is 22.7 Å². The van der Waals surface area contributed by atoms with Crippen molar-refractivity contribution in [2.24, 2.45) is 0 Å². The highest BCUT2D eigenvalue weighted by Crippen LogP contribution is 2.54. The van der Waals surface area contributed by atoms with Crippen LogP contribution >= 0.6 is 11.3 Å². The van der Waals surface area contributed by atoms with Crippen LogP contribution in [-0.2, 0) is 10.8 Å². The normalized spacial score (nSPS) is 12.5. The highest BCUT2D eigenvalue weighted by molar-refractivity contribution is 7.26. The Morgan fingerprint density at radius 1 is 0.356 bits per heavy atom. The first kappa shape index (κ1) is 52.0. The van der Waals surface area contributed by atoms with Gasteiger partial charge in [0.15, 0.2) is 5.58 Å². The van der Waals surface area contributed by atoms with Crippen molar-refractivity contribution in [3.05, 3.63) is 253 Å². The van der Waals surface area contributed by atoms with E-state index >= 15 is 0 Å². The Hall–Kier alpha value is -11.2. The van der Waals surface area contributed by atoms with Crippen LogP contribution in [-0.4, -0.2) is 18.3 Å². The Morgan fingerprint density at radius 3 is 1.42 bits per heavy atom. The van der Waals surface area contributed by atoms with Gasteiger partial charge in [0.2, 0.25) is 0 Å². The van der Waals surface area contributed by atoms with Gasteiger partial charge in [-0.2, -0.15) is 10.5 Å².